The van der Waals surface area contributed by atoms with E-state index < -0.39 is 0 Å². The van der Waals surface area contributed by atoms with Crippen molar-refractivity contribution in [2.24, 2.45) is 5.73 Å². The van der Waals surface area contributed by atoms with Gasteiger partial charge < -0.3 is 10.5 Å². The summed E-state index contributed by atoms with van der Waals surface area (Å²) in [6.45, 7) is 7.64. The summed E-state index contributed by atoms with van der Waals surface area (Å²) in [7, 11) is 0. The fourth-order valence-corrected chi connectivity index (χ4v) is 2.24. The van der Waals surface area contributed by atoms with Crippen LogP contribution in [0.3, 0.4) is 0 Å². The predicted octanol–water partition coefficient (Wildman–Crippen LogP) is 2.48. The van der Waals surface area contributed by atoms with Gasteiger partial charge in [-0.1, -0.05) is 6.92 Å². The Morgan fingerprint density at radius 2 is 2.25 bits per heavy atom. The van der Waals surface area contributed by atoms with E-state index in [-0.39, 0.29) is 12.1 Å². The molecule has 2 atom stereocenters. The molecule has 0 saturated carbocycles. The topological polar surface area (TPSA) is 53.1 Å². The molecule has 16 heavy (non-hydrogen) atoms. The van der Waals surface area contributed by atoms with E-state index in [9.17, 15) is 0 Å². The summed E-state index contributed by atoms with van der Waals surface area (Å²) in [6, 6.07) is -0.150. The first-order valence-corrected chi connectivity index (χ1v) is 6.49. The van der Waals surface area contributed by atoms with Gasteiger partial charge >= 0.3 is 0 Å². The number of rotatable bonds is 6. The van der Waals surface area contributed by atoms with Crippen molar-refractivity contribution < 1.29 is 4.74 Å². The molecule has 2 N–H and O–H groups in total. The summed E-state index contributed by atoms with van der Waals surface area (Å²) in [5.74, 6) is 0. The van der Waals surface area contributed by atoms with E-state index in [1.807, 2.05) is 18.5 Å². The van der Waals surface area contributed by atoms with Crippen molar-refractivity contribution in [3.63, 3.8) is 0 Å². The molecule has 0 fully saturated rings. The second-order valence-corrected chi connectivity index (χ2v) is 4.64. The lowest BCUT2D eigenvalue weighted by molar-refractivity contribution is 0.0551. The Labute approximate surface area is 105 Å². The van der Waals surface area contributed by atoms with Crippen molar-refractivity contribution in [2.45, 2.75) is 45.9 Å². The molecule has 1 aromatic rings. The van der Waals surface area contributed by atoms with Crippen molar-refractivity contribution in [3.8, 4) is 0 Å². The summed E-state index contributed by atoms with van der Waals surface area (Å²) in [5, 5.41) is 4.30. The largest absolute Gasteiger partial charge is 0.377 e. The van der Waals surface area contributed by atoms with Crippen molar-refractivity contribution in [2.75, 3.05) is 6.61 Å². The zero-order valence-electron chi connectivity index (χ0n) is 10.1. The number of nitrogens with zero attached hydrogens (tertiary/aromatic N) is 2. The predicted molar refractivity (Wildman–Crippen MR) is 68.2 cm³/mol. The molecule has 0 amide bonds. The van der Waals surface area contributed by atoms with Gasteiger partial charge in [-0.15, -0.1) is 0 Å². The van der Waals surface area contributed by atoms with E-state index in [1.54, 1.807) is 6.20 Å². The van der Waals surface area contributed by atoms with Gasteiger partial charge in [0.2, 0.25) is 0 Å². The van der Waals surface area contributed by atoms with Crippen LogP contribution < -0.4 is 5.73 Å². The smallest absolute Gasteiger partial charge is 0.0755 e. The Bertz CT molecular complexity index is 327. The van der Waals surface area contributed by atoms with Gasteiger partial charge in [-0.2, -0.15) is 5.10 Å². The molecule has 1 heterocycles. The van der Waals surface area contributed by atoms with Gasteiger partial charge in [-0.3, -0.25) is 4.68 Å². The summed E-state index contributed by atoms with van der Waals surface area (Å²) in [5.41, 5.74) is 7.20. The number of ether oxygens (including phenoxy) is 1. The third-order valence-electron chi connectivity index (χ3n) is 2.52. The molecule has 0 aliphatic rings. The minimum Gasteiger partial charge on any atom is -0.377 e. The molecule has 4 nitrogen and oxygen atoms in total. The highest BCUT2D eigenvalue weighted by molar-refractivity contribution is 9.10. The van der Waals surface area contributed by atoms with E-state index in [1.165, 1.54) is 0 Å². The van der Waals surface area contributed by atoms with E-state index in [2.05, 4.69) is 28.0 Å². The van der Waals surface area contributed by atoms with Crippen molar-refractivity contribution in [3.05, 3.63) is 16.4 Å². The van der Waals surface area contributed by atoms with Crippen LogP contribution in [-0.2, 0) is 11.3 Å². The SMILES string of the molecule is CCCn1ncc(Br)c1C(N)C(C)OCC. The van der Waals surface area contributed by atoms with Crippen molar-refractivity contribution >= 4 is 15.9 Å². The summed E-state index contributed by atoms with van der Waals surface area (Å²) in [4.78, 5) is 0. The van der Waals surface area contributed by atoms with Crippen LogP contribution in [0.15, 0.2) is 10.7 Å². The average molecular weight is 290 g/mol. The molecule has 0 bridgehead atoms. The first-order valence-electron chi connectivity index (χ1n) is 5.70. The molecule has 0 saturated heterocycles. The highest BCUT2D eigenvalue weighted by Crippen LogP contribution is 2.25. The molecule has 5 heteroatoms. The number of halogens is 1. The van der Waals surface area contributed by atoms with Gasteiger partial charge in [0, 0.05) is 13.2 Å². The van der Waals surface area contributed by atoms with Crippen LogP contribution in [0.1, 0.15) is 38.9 Å². The molecule has 1 rings (SSSR count). The maximum absolute atomic E-state index is 6.19. The highest BCUT2D eigenvalue weighted by atomic mass is 79.9. The van der Waals surface area contributed by atoms with Crippen LogP contribution in [0, 0.1) is 0 Å². The van der Waals surface area contributed by atoms with E-state index >= 15 is 0 Å². The lowest BCUT2D eigenvalue weighted by atomic mass is 10.1. The van der Waals surface area contributed by atoms with Gasteiger partial charge in [0.1, 0.15) is 0 Å². The molecule has 0 radical (unpaired) electrons. The fraction of sp³-hybridized carbons (Fsp3) is 0.727. The second-order valence-electron chi connectivity index (χ2n) is 3.79. The molecule has 0 aliphatic heterocycles. The Hall–Kier alpha value is -0.390. The number of hydrogen-bond acceptors (Lipinski definition) is 3. The quantitative estimate of drug-likeness (QED) is 0.875. The lowest BCUT2D eigenvalue weighted by Crippen LogP contribution is -2.29. The van der Waals surface area contributed by atoms with Crippen LogP contribution in [0.4, 0.5) is 0 Å². The van der Waals surface area contributed by atoms with Crippen LogP contribution in [0.5, 0.6) is 0 Å². The Morgan fingerprint density at radius 1 is 1.56 bits per heavy atom. The van der Waals surface area contributed by atoms with Crippen LogP contribution in [0.2, 0.25) is 0 Å². The zero-order chi connectivity index (χ0) is 12.1. The highest BCUT2D eigenvalue weighted by Gasteiger charge is 2.22. The van der Waals surface area contributed by atoms with E-state index in [0.29, 0.717) is 6.61 Å². The molecular weight excluding hydrogens is 270 g/mol. The summed E-state index contributed by atoms with van der Waals surface area (Å²) in [6.07, 6.45) is 2.83. The van der Waals surface area contributed by atoms with E-state index in [4.69, 9.17) is 10.5 Å². The van der Waals surface area contributed by atoms with Gasteiger partial charge in [0.25, 0.3) is 0 Å². The molecule has 0 aliphatic carbocycles. The average Bonchev–Trinajstić information content (AvgIpc) is 2.60. The summed E-state index contributed by atoms with van der Waals surface area (Å²) < 4.78 is 8.44. The number of nitrogens with two attached hydrogens (primary N) is 1. The van der Waals surface area contributed by atoms with Gasteiger partial charge in [0.15, 0.2) is 0 Å². The molecule has 92 valence electrons. The number of aromatic nitrogens is 2. The van der Waals surface area contributed by atoms with E-state index in [0.717, 1.165) is 23.1 Å². The molecule has 2 unspecified atom stereocenters. The third-order valence-corrected chi connectivity index (χ3v) is 3.13. The minimum atomic E-state index is -0.150. The fourth-order valence-electron chi connectivity index (χ4n) is 1.68. The first-order chi connectivity index (χ1) is 7.61. The molecular formula is C11H20BrN3O. The normalized spacial score (nSPS) is 15.1. The zero-order valence-corrected chi connectivity index (χ0v) is 11.7. The second kappa shape index (κ2) is 6.37. The third kappa shape index (κ3) is 3.06. The maximum Gasteiger partial charge on any atom is 0.0755 e. The van der Waals surface area contributed by atoms with Crippen LogP contribution in [0.25, 0.3) is 0 Å². The van der Waals surface area contributed by atoms with Crippen LogP contribution >= 0.6 is 15.9 Å². The van der Waals surface area contributed by atoms with Crippen LogP contribution in [-0.4, -0.2) is 22.5 Å². The summed E-state index contributed by atoms with van der Waals surface area (Å²) >= 11 is 3.49. The molecule has 0 aromatic carbocycles. The standard InChI is InChI=1S/C11H20BrN3O/c1-4-6-15-11(9(12)7-14-15)10(13)8(3)16-5-2/h7-8,10H,4-6,13H2,1-3H3. The monoisotopic (exact) mass is 289 g/mol. The van der Waals surface area contributed by atoms with Gasteiger partial charge in [-0.05, 0) is 36.2 Å². The Morgan fingerprint density at radius 3 is 2.81 bits per heavy atom. The minimum absolute atomic E-state index is 0.00592. The van der Waals surface area contributed by atoms with Gasteiger partial charge in [0.05, 0.1) is 28.5 Å². The number of aryl methyl sites for hydroxylation is 1. The van der Waals surface area contributed by atoms with Gasteiger partial charge in [-0.25, -0.2) is 0 Å². The Kier molecular flexibility index (Phi) is 5.44. The first kappa shape index (κ1) is 13.7. The lowest BCUT2D eigenvalue weighted by Gasteiger charge is -2.21. The molecule has 1 aromatic heterocycles. The molecule has 0 spiro atoms. The van der Waals surface area contributed by atoms with Crippen molar-refractivity contribution in [1.82, 2.24) is 9.78 Å². The maximum atomic E-state index is 6.19. The van der Waals surface area contributed by atoms with Crippen molar-refractivity contribution in [1.29, 1.82) is 0 Å². The Balaban J connectivity index is 2.87. The number of hydrogen-bond donors (Lipinski definition) is 1.